The van der Waals surface area contributed by atoms with E-state index in [1.807, 2.05) is 32.0 Å². The summed E-state index contributed by atoms with van der Waals surface area (Å²) in [5.74, 6) is 1.19. The van der Waals surface area contributed by atoms with E-state index in [1.165, 1.54) is 6.92 Å². The standard InChI is InChI=1S/C21H26N2O6S/c1-4-30(25,26)23(17-6-8-19-20(12-17)29-14-28-19)13-21(24)22-9-10-27-18-7-5-15(2)11-16(18)3/h5-8,11-12H,4,9-10,13-14H2,1-3H3,(H,22,24). The van der Waals surface area contributed by atoms with Gasteiger partial charge in [-0.25, -0.2) is 8.42 Å². The third-order valence-electron chi connectivity index (χ3n) is 4.64. The normalized spacial score (nSPS) is 12.5. The van der Waals surface area contributed by atoms with Crippen LogP contribution in [0.2, 0.25) is 0 Å². The van der Waals surface area contributed by atoms with Gasteiger partial charge in [0.05, 0.1) is 18.0 Å². The lowest BCUT2D eigenvalue weighted by Gasteiger charge is -2.23. The molecule has 9 heteroatoms. The van der Waals surface area contributed by atoms with Crippen LogP contribution in [0.25, 0.3) is 0 Å². The zero-order valence-electron chi connectivity index (χ0n) is 17.3. The highest BCUT2D eigenvalue weighted by atomic mass is 32.2. The van der Waals surface area contributed by atoms with Crippen LogP contribution < -0.4 is 23.8 Å². The molecule has 0 saturated carbocycles. The number of sulfonamides is 1. The maximum absolute atomic E-state index is 12.6. The fraction of sp³-hybridized carbons (Fsp3) is 0.381. The van der Waals surface area contributed by atoms with Crippen molar-refractivity contribution in [3.05, 3.63) is 47.5 Å². The summed E-state index contributed by atoms with van der Waals surface area (Å²) in [6, 6.07) is 10.7. The van der Waals surface area contributed by atoms with Gasteiger partial charge in [0.25, 0.3) is 0 Å². The summed E-state index contributed by atoms with van der Waals surface area (Å²) >= 11 is 0. The highest BCUT2D eigenvalue weighted by Crippen LogP contribution is 2.36. The molecule has 2 aromatic rings. The molecule has 0 aromatic heterocycles. The molecule has 1 amide bonds. The summed E-state index contributed by atoms with van der Waals surface area (Å²) in [4.78, 5) is 12.4. The Morgan fingerprint density at radius 3 is 2.63 bits per heavy atom. The van der Waals surface area contributed by atoms with Crippen molar-refractivity contribution < 1.29 is 27.4 Å². The van der Waals surface area contributed by atoms with Crippen molar-refractivity contribution in [1.82, 2.24) is 5.32 Å². The van der Waals surface area contributed by atoms with Crippen LogP contribution in [-0.2, 0) is 14.8 Å². The van der Waals surface area contributed by atoms with Gasteiger partial charge in [0.15, 0.2) is 11.5 Å². The van der Waals surface area contributed by atoms with Crippen molar-refractivity contribution in [2.75, 3.05) is 36.5 Å². The number of fused-ring (bicyclic) bond motifs is 1. The molecule has 1 aliphatic rings. The average Bonchev–Trinajstić information content (AvgIpc) is 3.18. The van der Waals surface area contributed by atoms with E-state index in [-0.39, 0.29) is 32.2 Å². The molecule has 0 bridgehead atoms. The Hall–Kier alpha value is -2.94. The molecule has 0 saturated heterocycles. The molecule has 1 N–H and O–H groups in total. The van der Waals surface area contributed by atoms with Gasteiger partial charge in [-0.3, -0.25) is 9.10 Å². The number of rotatable bonds is 9. The smallest absolute Gasteiger partial charge is 0.240 e. The van der Waals surface area contributed by atoms with Gasteiger partial charge < -0.3 is 19.5 Å². The Bertz CT molecular complexity index is 1020. The minimum atomic E-state index is -3.66. The Kier molecular flexibility index (Phi) is 6.71. The van der Waals surface area contributed by atoms with E-state index < -0.39 is 15.9 Å². The minimum Gasteiger partial charge on any atom is -0.491 e. The van der Waals surface area contributed by atoms with E-state index in [0.29, 0.717) is 17.2 Å². The van der Waals surface area contributed by atoms with Gasteiger partial charge in [-0.05, 0) is 44.5 Å². The van der Waals surface area contributed by atoms with Crippen molar-refractivity contribution in [3.8, 4) is 17.2 Å². The number of nitrogens with zero attached hydrogens (tertiary/aromatic N) is 1. The zero-order valence-corrected chi connectivity index (χ0v) is 18.1. The zero-order chi connectivity index (χ0) is 21.7. The monoisotopic (exact) mass is 434 g/mol. The molecule has 0 fully saturated rings. The van der Waals surface area contributed by atoms with Crippen LogP contribution in [0.15, 0.2) is 36.4 Å². The predicted octanol–water partition coefficient (Wildman–Crippen LogP) is 2.38. The molecular weight excluding hydrogens is 408 g/mol. The molecule has 1 heterocycles. The number of benzene rings is 2. The largest absolute Gasteiger partial charge is 0.491 e. The molecule has 0 atom stereocenters. The number of anilines is 1. The fourth-order valence-electron chi connectivity index (χ4n) is 3.05. The number of carbonyl (C=O) groups excluding carboxylic acids is 1. The van der Waals surface area contributed by atoms with Crippen LogP contribution in [0.4, 0.5) is 5.69 Å². The van der Waals surface area contributed by atoms with Crippen LogP contribution in [0.5, 0.6) is 17.2 Å². The first kappa shape index (κ1) is 21.8. The van der Waals surface area contributed by atoms with Crippen LogP contribution in [0, 0.1) is 13.8 Å². The van der Waals surface area contributed by atoms with Crippen LogP contribution >= 0.6 is 0 Å². The number of hydrogen-bond donors (Lipinski definition) is 1. The lowest BCUT2D eigenvalue weighted by molar-refractivity contribution is -0.119. The van der Waals surface area contributed by atoms with Crippen LogP contribution in [0.1, 0.15) is 18.1 Å². The maximum atomic E-state index is 12.6. The first-order chi connectivity index (χ1) is 14.3. The molecule has 0 spiro atoms. The summed E-state index contributed by atoms with van der Waals surface area (Å²) < 4.78 is 42.5. The van der Waals surface area contributed by atoms with Crippen molar-refractivity contribution in [1.29, 1.82) is 0 Å². The van der Waals surface area contributed by atoms with E-state index in [0.717, 1.165) is 21.2 Å². The number of hydrogen-bond acceptors (Lipinski definition) is 6. The Labute approximate surface area is 176 Å². The van der Waals surface area contributed by atoms with Crippen molar-refractivity contribution in [3.63, 3.8) is 0 Å². The highest BCUT2D eigenvalue weighted by molar-refractivity contribution is 7.92. The van der Waals surface area contributed by atoms with Gasteiger partial charge in [0.1, 0.15) is 18.9 Å². The average molecular weight is 435 g/mol. The van der Waals surface area contributed by atoms with Gasteiger partial charge in [-0.15, -0.1) is 0 Å². The topological polar surface area (TPSA) is 94.2 Å². The van der Waals surface area contributed by atoms with Crippen LogP contribution in [-0.4, -0.2) is 46.6 Å². The predicted molar refractivity (Wildman–Crippen MR) is 114 cm³/mol. The van der Waals surface area contributed by atoms with E-state index in [9.17, 15) is 13.2 Å². The first-order valence-electron chi connectivity index (χ1n) is 9.67. The van der Waals surface area contributed by atoms with E-state index in [1.54, 1.807) is 18.2 Å². The Balaban J connectivity index is 1.60. The summed E-state index contributed by atoms with van der Waals surface area (Å²) in [6.45, 7) is 5.78. The highest BCUT2D eigenvalue weighted by Gasteiger charge is 2.25. The van der Waals surface area contributed by atoms with Crippen molar-refractivity contribution >= 4 is 21.6 Å². The quantitative estimate of drug-likeness (QED) is 0.609. The summed E-state index contributed by atoms with van der Waals surface area (Å²) in [7, 11) is -3.66. The molecule has 8 nitrogen and oxygen atoms in total. The summed E-state index contributed by atoms with van der Waals surface area (Å²) in [5.41, 5.74) is 2.51. The molecule has 0 aliphatic carbocycles. The fourth-order valence-corrected chi connectivity index (χ4v) is 4.11. The Morgan fingerprint density at radius 1 is 1.13 bits per heavy atom. The lowest BCUT2D eigenvalue weighted by Crippen LogP contribution is -2.42. The third-order valence-corrected chi connectivity index (χ3v) is 6.39. The SMILES string of the molecule is CCS(=O)(=O)N(CC(=O)NCCOc1ccc(C)cc1C)c1ccc2c(c1)OCO2. The van der Waals surface area contributed by atoms with Gasteiger partial charge in [0.2, 0.25) is 22.7 Å². The second-order valence-corrected chi connectivity index (χ2v) is 9.09. The number of aryl methyl sites for hydroxylation is 2. The van der Waals surface area contributed by atoms with Crippen LogP contribution in [0.3, 0.4) is 0 Å². The second kappa shape index (κ2) is 9.25. The van der Waals surface area contributed by atoms with Gasteiger partial charge >= 0.3 is 0 Å². The molecule has 3 rings (SSSR count). The van der Waals surface area contributed by atoms with Crippen molar-refractivity contribution in [2.24, 2.45) is 0 Å². The molecule has 2 aromatic carbocycles. The minimum absolute atomic E-state index is 0.0836. The molecule has 162 valence electrons. The molecular formula is C21H26N2O6S. The number of carbonyl (C=O) groups is 1. The first-order valence-corrected chi connectivity index (χ1v) is 11.3. The number of amides is 1. The van der Waals surface area contributed by atoms with Gasteiger partial charge in [-0.2, -0.15) is 0 Å². The van der Waals surface area contributed by atoms with Gasteiger partial charge in [0, 0.05) is 6.07 Å². The van der Waals surface area contributed by atoms with E-state index in [2.05, 4.69) is 5.32 Å². The Morgan fingerprint density at radius 2 is 1.90 bits per heavy atom. The number of nitrogens with one attached hydrogen (secondary N) is 1. The second-order valence-electron chi connectivity index (χ2n) is 6.91. The third kappa shape index (κ3) is 5.15. The molecule has 0 radical (unpaired) electrons. The van der Waals surface area contributed by atoms with Crippen molar-refractivity contribution in [2.45, 2.75) is 20.8 Å². The van der Waals surface area contributed by atoms with E-state index >= 15 is 0 Å². The lowest BCUT2D eigenvalue weighted by atomic mass is 10.1. The summed E-state index contributed by atoms with van der Waals surface area (Å²) in [6.07, 6.45) is 0. The number of ether oxygens (including phenoxy) is 3. The molecule has 1 aliphatic heterocycles. The molecule has 0 unspecified atom stereocenters. The van der Waals surface area contributed by atoms with E-state index in [4.69, 9.17) is 14.2 Å². The molecule has 30 heavy (non-hydrogen) atoms. The maximum Gasteiger partial charge on any atom is 0.240 e. The summed E-state index contributed by atoms with van der Waals surface area (Å²) in [5, 5.41) is 2.71. The van der Waals surface area contributed by atoms with Gasteiger partial charge in [-0.1, -0.05) is 17.7 Å².